The number of carbonyl (C=O) groups is 1. The van der Waals surface area contributed by atoms with Crippen molar-refractivity contribution < 1.29 is 4.79 Å². The summed E-state index contributed by atoms with van der Waals surface area (Å²) in [7, 11) is 0. The van der Waals surface area contributed by atoms with Crippen LogP contribution >= 0.6 is 12.4 Å². The summed E-state index contributed by atoms with van der Waals surface area (Å²) < 4.78 is 0. The van der Waals surface area contributed by atoms with E-state index in [1.54, 1.807) is 0 Å². The molecule has 4 heteroatoms. The molecular formula is C17H29ClN2O. The number of aryl methyl sites for hydroxylation is 1. The Morgan fingerprint density at radius 2 is 1.76 bits per heavy atom. The van der Waals surface area contributed by atoms with Gasteiger partial charge in [-0.25, -0.2) is 0 Å². The first-order chi connectivity index (χ1) is 9.38. The highest BCUT2D eigenvalue weighted by Crippen LogP contribution is 2.15. The Morgan fingerprint density at radius 3 is 2.19 bits per heavy atom. The van der Waals surface area contributed by atoms with Gasteiger partial charge in [0, 0.05) is 12.1 Å². The number of carbonyl (C=O) groups excluding carboxylic acids is 1. The molecule has 0 aromatic heterocycles. The number of hydrogen-bond donors (Lipinski definition) is 2. The highest BCUT2D eigenvalue weighted by molar-refractivity contribution is 5.85. The van der Waals surface area contributed by atoms with E-state index in [0.717, 1.165) is 18.4 Å². The van der Waals surface area contributed by atoms with Crippen LogP contribution in [0.4, 0.5) is 0 Å². The van der Waals surface area contributed by atoms with E-state index in [1.807, 2.05) is 19.1 Å². The smallest absolute Gasteiger partial charge is 0.224 e. The number of rotatable bonds is 7. The summed E-state index contributed by atoms with van der Waals surface area (Å²) in [6, 6.07) is 8.22. The second-order valence-corrected chi connectivity index (χ2v) is 6.26. The van der Waals surface area contributed by atoms with Gasteiger partial charge in [0.15, 0.2) is 0 Å². The minimum absolute atomic E-state index is 0. The maximum Gasteiger partial charge on any atom is 0.224 e. The Hall–Kier alpha value is -1.06. The van der Waals surface area contributed by atoms with Crippen molar-refractivity contribution in [1.82, 2.24) is 5.32 Å². The summed E-state index contributed by atoms with van der Waals surface area (Å²) in [5.74, 6) is 0.551. The molecule has 1 rings (SSSR count). The van der Waals surface area contributed by atoms with Gasteiger partial charge in [0.05, 0.1) is 6.42 Å². The maximum atomic E-state index is 12.2. The summed E-state index contributed by atoms with van der Waals surface area (Å²) in [6.07, 6.45) is 2.33. The number of amides is 1. The van der Waals surface area contributed by atoms with Crippen LogP contribution in [0.5, 0.6) is 0 Å². The Balaban J connectivity index is 0.00000400. The first-order valence-corrected chi connectivity index (χ1v) is 7.47. The second-order valence-electron chi connectivity index (χ2n) is 6.26. The highest BCUT2D eigenvalue weighted by Gasteiger charge is 2.25. The minimum atomic E-state index is -0.311. The predicted octanol–water partition coefficient (Wildman–Crippen LogP) is 3.09. The molecule has 0 aliphatic rings. The molecule has 0 saturated carbocycles. The van der Waals surface area contributed by atoms with Gasteiger partial charge in [0.2, 0.25) is 5.91 Å². The monoisotopic (exact) mass is 312 g/mol. The molecule has 0 bridgehead atoms. The minimum Gasteiger partial charge on any atom is -0.349 e. The third kappa shape index (κ3) is 6.96. The van der Waals surface area contributed by atoms with Crippen molar-refractivity contribution in [3.63, 3.8) is 0 Å². The van der Waals surface area contributed by atoms with Crippen LogP contribution in [0.15, 0.2) is 24.3 Å². The van der Waals surface area contributed by atoms with Gasteiger partial charge < -0.3 is 11.1 Å². The van der Waals surface area contributed by atoms with Crippen molar-refractivity contribution >= 4 is 18.3 Å². The zero-order chi connectivity index (χ0) is 15.2. The van der Waals surface area contributed by atoms with Crippen LogP contribution < -0.4 is 11.1 Å². The molecule has 0 saturated heterocycles. The molecule has 1 aromatic carbocycles. The van der Waals surface area contributed by atoms with Gasteiger partial charge in [-0.05, 0) is 36.8 Å². The summed E-state index contributed by atoms with van der Waals surface area (Å²) in [5.41, 5.74) is 7.85. The summed E-state index contributed by atoms with van der Waals surface area (Å²) >= 11 is 0. The molecule has 0 aliphatic heterocycles. The Bertz CT molecular complexity index is 431. The largest absolute Gasteiger partial charge is 0.349 e. The number of benzene rings is 1. The lowest BCUT2D eigenvalue weighted by molar-refractivity contribution is -0.122. The molecule has 1 amide bonds. The normalized spacial score (nSPS) is 13.4. The molecule has 0 fully saturated rings. The maximum absolute atomic E-state index is 12.2. The number of nitrogens with two attached hydrogens (primary N) is 1. The van der Waals surface area contributed by atoms with E-state index < -0.39 is 0 Å². The first kappa shape index (κ1) is 19.9. The molecule has 1 aromatic rings. The lowest BCUT2D eigenvalue weighted by Gasteiger charge is -2.31. The molecule has 3 nitrogen and oxygen atoms in total. The SMILES string of the molecule is CCc1ccc(CC(=O)NC(C)(CN)CC(C)C)cc1.Cl. The summed E-state index contributed by atoms with van der Waals surface area (Å²) in [6.45, 7) is 8.89. The quantitative estimate of drug-likeness (QED) is 0.813. The van der Waals surface area contributed by atoms with Crippen LogP contribution in [0.2, 0.25) is 0 Å². The van der Waals surface area contributed by atoms with Crippen LogP contribution in [-0.2, 0) is 17.6 Å². The van der Waals surface area contributed by atoms with Crippen molar-refractivity contribution in [2.75, 3.05) is 6.54 Å². The highest BCUT2D eigenvalue weighted by atomic mass is 35.5. The standard InChI is InChI=1S/C17H28N2O.ClH/c1-5-14-6-8-15(9-7-14)10-16(20)19-17(4,12-18)11-13(2)3;/h6-9,13H,5,10-12,18H2,1-4H3,(H,19,20);1H. The molecule has 0 heterocycles. The molecule has 21 heavy (non-hydrogen) atoms. The van der Waals surface area contributed by atoms with Crippen molar-refractivity contribution in [3.05, 3.63) is 35.4 Å². The number of nitrogens with one attached hydrogen (secondary N) is 1. The average Bonchev–Trinajstić information content (AvgIpc) is 2.38. The van der Waals surface area contributed by atoms with E-state index in [-0.39, 0.29) is 23.9 Å². The number of halogens is 1. The van der Waals surface area contributed by atoms with Crippen molar-refractivity contribution in [2.45, 2.75) is 52.5 Å². The first-order valence-electron chi connectivity index (χ1n) is 7.47. The van der Waals surface area contributed by atoms with Crippen LogP contribution in [0.1, 0.15) is 45.2 Å². The van der Waals surface area contributed by atoms with Gasteiger partial charge in [0.1, 0.15) is 0 Å². The lowest BCUT2D eigenvalue weighted by atomic mass is 9.90. The average molecular weight is 313 g/mol. The fourth-order valence-electron chi connectivity index (χ4n) is 2.55. The van der Waals surface area contributed by atoms with Crippen LogP contribution in [0.25, 0.3) is 0 Å². The zero-order valence-corrected chi connectivity index (χ0v) is 14.4. The molecular weight excluding hydrogens is 284 g/mol. The second kappa shape index (κ2) is 9.06. The van der Waals surface area contributed by atoms with Gasteiger partial charge in [-0.3, -0.25) is 4.79 Å². The lowest BCUT2D eigenvalue weighted by Crippen LogP contribution is -2.52. The van der Waals surface area contributed by atoms with Crippen molar-refractivity contribution in [2.24, 2.45) is 11.7 Å². The summed E-state index contributed by atoms with van der Waals surface area (Å²) in [4.78, 5) is 12.2. The third-order valence-electron chi connectivity index (χ3n) is 3.55. The molecule has 0 spiro atoms. The predicted molar refractivity (Wildman–Crippen MR) is 91.8 cm³/mol. The summed E-state index contributed by atoms with van der Waals surface area (Å²) in [5, 5.41) is 3.09. The number of hydrogen-bond acceptors (Lipinski definition) is 2. The van der Waals surface area contributed by atoms with Crippen LogP contribution in [-0.4, -0.2) is 18.0 Å². The Labute approximate surface area is 135 Å². The Kier molecular flexibility index (Phi) is 8.60. The van der Waals surface area contributed by atoms with E-state index in [1.165, 1.54) is 5.56 Å². The fraction of sp³-hybridized carbons (Fsp3) is 0.588. The molecule has 0 aliphatic carbocycles. The zero-order valence-electron chi connectivity index (χ0n) is 13.6. The fourth-order valence-corrected chi connectivity index (χ4v) is 2.55. The van der Waals surface area contributed by atoms with Crippen LogP contribution in [0.3, 0.4) is 0 Å². The Morgan fingerprint density at radius 1 is 1.24 bits per heavy atom. The molecule has 0 radical (unpaired) electrons. The van der Waals surface area contributed by atoms with Crippen molar-refractivity contribution in [1.29, 1.82) is 0 Å². The van der Waals surface area contributed by atoms with Gasteiger partial charge in [-0.15, -0.1) is 12.4 Å². The molecule has 120 valence electrons. The van der Waals surface area contributed by atoms with E-state index in [0.29, 0.717) is 18.9 Å². The topological polar surface area (TPSA) is 55.1 Å². The van der Waals surface area contributed by atoms with E-state index in [9.17, 15) is 4.79 Å². The van der Waals surface area contributed by atoms with Gasteiger partial charge >= 0.3 is 0 Å². The van der Waals surface area contributed by atoms with Crippen LogP contribution in [0, 0.1) is 5.92 Å². The molecule has 3 N–H and O–H groups in total. The van der Waals surface area contributed by atoms with Gasteiger partial charge in [-0.1, -0.05) is 45.0 Å². The van der Waals surface area contributed by atoms with E-state index in [2.05, 4.69) is 38.2 Å². The molecule has 1 unspecified atom stereocenters. The van der Waals surface area contributed by atoms with Gasteiger partial charge in [0.25, 0.3) is 0 Å². The van der Waals surface area contributed by atoms with Crippen molar-refractivity contribution in [3.8, 4) is 0 Å². The van der Waals surface area contributed by atoms with E-state index in [4.69, 9.17) is 5.73 Å². The molecule has 1 atom stereocenters. The van der Waals surface area contributed by atoms with Gasteiger partial charge in [-0.2, -0.15) is 0 Å². The third-order valence-corrected chi connectivity index (χ3v) is 3.55. The van der Waals surface area contributed by atoms with E-state index >= 15 is 0 Å².